The molecule has 0 amide bonds. The van der Waals surface area contributed by atoms with Gasteiger partial charge in [0.05, 0.1) is 5.56 Å². The molecule has 1 aliphatic heterocycles. The zero-order valence-corrected chi connectivity index (χ0v) is 14.6. The fourth-order valence-corrected chi connectivity index (χ4v) is 3.03. The molecule has 2 fully saturated rings. The van der Waals surface area contributed by atoms with Crippen molar-refractivity contribution in [2.45, 2.75) is 59.0 Å². The Morgan fingerprint density at radius 3 is 2.43 bits per heavy atom. The van der Waals surface area contributed by atoms with Crippen molar-refractivity contribution in [3.05, 3.63) is 23.9 Å². The molecule has 0 atom stereocenters. The van der Waals surface area contributed by atoms with E-state index in [1.54, 1.807) is 12.1 Å². The van der Waals surface area contributed by atoms with Crippen molar-refractivity contribution < 1.29 is 4.74 Å². The highest BCUT2D eigenvalue weighted by atomic mass is 16.5. The molecule has 3 rings (SSSR count). The molecule has 1 aliphatic carbocycles. The summed E-state index contributed by atoms with van der Waals surface area (Å²) < 4.78 is 5.47. The van der Waals surface area contributed by atoms with Gasteiger partial charge in [0.1, 0.15) is 12.2 Å². The summed E-state index contributed by atoms with van der Waals surface area (Å²) >= 11 is 0. The van der Waals surface area contributed by atoms with Crippen LogP contribution in [0, 0.1) is 22.7 Å². The average molecular weight is 315 g/mol. The van der Waals surface area contributed by atoms with Crippen LogP contribution in [0.2, 0.25) is 0 Å². The van der Waals surface area contributed by atoms with Crippen LogP contribution in [0.3, 0.4) is 0 Å². The van der Waals surface area contributed by atoms with E-state index in [0.717, 1.165) is 19.0 Å². The predicted molar refractivity (Wildman–Crippen MR) is 92.3 cm³/mol. The third-order valence-corrected chi connectivity index (χ3v) is 5.27. The molecule has 0 aromatic carbocycles. The van der Waals surface area contributed by atoms with Crippen LogP contribution < -0.4 is 10.1 Å². The lowest BCUT2D eigenvalue weighted by atomic mass is 9.76. The third kappa shape index (κ3) is 5.21. The van der Waals surface area contributed by atoms with Crippen molar-refractivity contribution in [2.75, 3.05) is 13.1 Å². The van der Waals surface area contributed by atoms with E-state index in [2.05, 4.69) is 31.1 Å². The lowest BCUT2D eigenvalue weighted by Crippen LogP contribution is -2.50. The number of ether oxygens (including phenoxy) is 1. The monoisotopic (exact) mass is 315 g/mol. The molecule has 1 aromatic heterocycles. The van der Waals surface area contributed by atoms with E-state index >= 15 is 0 Å². The highest BCUT2D eigenvalue weighted by Gasteiger charge is 2.29. The van der Waals surface area contributed by atoms with Crippen LogP contribution in [0.4, 0.5) is 0 Å². The number of pyridine rings is 1. The van der Waals surface area contributed by atoms with Gasteiger partial charge in [0.15, 0.2) is 0 Å². The highest BCUT2D eigenvalue weighted by molar-refractivity contribution is 5.28. The maximum atomic E-state index is 8.53. The van der Waals surface area contributed by atoms with Crippen LogP contribution in [0.15, 0.2) is 18.3 Å². The molecule has 1 aromatic rings. The summed E-state index contributed by atoms with van der Waals surface area (Å²) in [7, 11) is 0. The van der Waals surface area contributed by atoms with E-state index in [1.165, 1.54) is 38.3 Å². The number of nitriles is 1. The van der Waals surface area contributed by atoms with Gasteiger partial charge >= 0.3 is 0 Å². The van der Waals surface area contributed by atoms with E-state index in [4.69, 9.17) is 10.00 Å². The number of rotatable bonds is 4. The van der Waals surface area contributed by atoms with Gasteiger partial charge in [-0.25, -0.2) is 4.98 Å². The topological polar surface area (TPSA) is 57.9 Å². The average Bonchev–Trinajstić information content (AvgIpc) is 3.07. The Kier molecular flexibility index (Phi) is 6.41. The van der Waals surface area contributed by atoms with E-state index in [0.29, 0.717) is 16.9 Å². The van der Waals surface area contributed by atoms with Crippen LogP contribution in [0.25, 0.3) is 0 Å². The Morgan fingerprint density at radius 2 is 2.00 bits per heavy atom. The maximum absolute atomic E-state index is 8.53. The molecule has 4 nitrogen and oxygen atoms in total. The minimum absolute atomic E-state index is 0.237. The summed E-state index contributed by atoms with van der Waals surface area (Å²) in [5, 5.41) is 11.6. The zero-order chi connectivity index (χ0) is 16.7. The van der Waals surface area contributed by atoms with Crippen LogP contribution in [0.5, 0.6) is 5.88 Å². The van der Waals surface area contributed by atoms with E-state index < -0.39 is 0 Å². The summed E-state index contributed by atoms with van der Waals surface area (Å²) in [6.07, 6.45) is 9.03. The molecular formula is C19H29N3O. The summed E-state index contributed by atoms with van der Waals surface area (Å²) in [6.45, 7) is 8.91. The molecular weight excluding hydrogens is 286 g/mol. The summed E-state index contributed by atoms with van der Waals surface area (Å²) in [4.78, 5) is 4.00. The molecule has 2 aliphatic rings. The van der Waals surface area contributed by atoms with Gasteiger partial charge in [-0.3, -0.25) is 0 Å². The maximum Gasteiger partial charge on any atom is 0.213 e. The van der Waals surface area contributed by atoms with Gasteiger partial charge in [-0.2, -0.15) is 5.26 Å². The van der Waals surface area contributed by atoms with Crippen LogP contribution >= 0.6 is 0 Å². The molecule has 1 N–H and O–H groups in total. The van der Waals surface area contributed by atoms with Gasteiger partial charge < -0.3 is 10.1 Å². The summed E-state index contributed by atoms with van der Waals surface area (Å²) in [5.41, 5.74) is 1.18. The Morgan fingerprint density at radius 1 is 1.30 bits per heavy atom. The number of nitrogens with zero attached hydrogens (tertiary/aromatic N) is 2. The van der Waals surface area contributed by atoms with Crippen LogP contribution in [0.1, 0.15) is 58.4 Å². The van der Waals surface area contributed by atoms with Crippen LogP contribution in [-0.4, -0.2) is 24.2 Å². The van der Waals surface area contributed by atoms with Gasteiger partial charge in [-0.05, 0) is 30.2 Å². The highest BCUT2D eigenvalue weighted by Crippen LogP contribution is 2.41. The predicted octanol–water partition coefficient (Wildman–Crippen LogP) is 3.92. The summed E-state index contributed by atoms with van der Waals surface area (Å²) in [6, 6.07) is 5.43. The second-order valence-electron chi connectivity index (χ2n) is 7.22. The molecule has 0 bridgehead atoms. The lowest BCUT2D eigenvalue weighted by molar-refractivity contribution is 0.136. The molecule has 1 saturated carbocycles. The smallest absolute Gasteiger partial charge is 0.213 e. The Bertz CT molecular complexity index is 508. The first kappa shape index (κ1) is 17.7. The second kappa shape index (κ2) is 8.31. The number of hydrogen-bond donors (Lipinski definition) is 1. The van der Waals surface area contributed by atoms with Crippen LogP contribution in [-0.2, 0) is 0 Å². The van der Waals surface area contributed by atoms with Gasteiger partial charge in [0.25, 0.3) is 0 Å². The van der Waals surface area contributed by atoms with Crippen molar-refractivity contribution in [1.29, 1.82) is 5.26 Å². The fraction of sp³-hybridized carbons (Fsp3) is 0.684. The molecule has 1 saturated heterocycles. The molecule has 0 radical (unpaired) electrons. The second-order valence-corrected chi connectivity index (χ2v) is 7.22. The zero-order valence-electron chi connectivity index (χ0n) is 14.6. The van der Waals surface area contributed by atoms with Crippen molar-refractivity contribution >= 4 is 0 Å². The number of aromatic nitrogens is 1. The first-order valence-electron chi connectivity index (χ1n) is 8.78. The van der Waals surface area contributed by atoms with Crippen molar-refractivity contribution in [3.8, 4) is 11.9 Å². The van der Waals surface area contributed by atoms with Gasteiger partial charge in [0, 0.05) is 25.4 Å². The normalized spacial score (nSPS) is 18.5. The molecule has 0 unspecified atom stereocenters. The third-order valence-electron chi connectivity index (χ3n) is 5.27. The first-order valence-corrected chi connectivity index (χ1v) is 8.78. The lowest BCUT2D eigenvalue weighted by Gasteiger charge is -2.30. The molecule has 2 heterocycles. The largest absolute Gasteiger partial charge is 0.472 e. The molecule has 0 spiro atoms. The van der Waals surface area contributed by atoms with Crippen molar-refractivity contribution in [1.82, 2.24) is 10.3 Å². The van der Waals surface area contributed by atoms with Crippen molar-refractivity contribution in [3.63, 3.8) is 0 Å². The first-order chi connectivity index (χ1) is 11.0. The number of nitrogens with one attached hydrogen (secondary N) is 1. The fourth-order valence-electron chi connectivity index (χ4n) is 3.03. The molecule has 126 valence electrons. The van der Waals surface area contributed by atoms with Gasteiger partial charge in [0.2, 0.25) is 5.88 Å². The minimum Gasteiger partial charge on any atom is -0.472 e. The van der Waals surface area contributed by atoms with E-state index in [-0.39, 0.29) is 6.10 Å². The Balaban J connectivity index is 0.000000174. The van der Waals surface area contributed by atoms with Gasteiger partial charge in [-0.1, -0.05) is 40.0 Å². The van der Waals surface area contributed by atoms with E-state index in [9.17, 15) is 0 Å². The standard InChI is InChI=1S/C10H20.C9H9N3O/c1-4-10(2,3)9-7-5-6-8-9;10-3-7-1-2-9(12-4-7)13-8-5-11-6-8/h9H,4-8H2,1-3H3;1-2,4,8,11H,5-6H2. The molecule has 4 heteroatoms. The Hall–Kier alpha value is -1.60. The van der Waals surface area contributed by atoms with Crippen molar-refractivity contribution in [2.24, 2.45) is 11.3 Å². The Labute approximate surface area is 140 Å². The minimum atomic E-state index is 0.237. The summed E-state index contributed by atoms with van der Waals surface area (Å²) in [5.74, 6) is 1.61. The quantitative estimate of drug-likeness (QED) is 0.915. The van der Waals surface area contributed by atoms with E-state index in [1.807, 2.05) is 6.07 Å². The molecule has 23 heavy (non-hydrogen) atoms. The van der Waals surface area contributed by atoms with Gasteiger partial charge in [-0.15, -0.1) is 0 Å². The number of hydrogen-bond acceptors (Lipinski definition) is 4. The SMILES string of the molecule is CCC(C)(C)C1CCCC1.N#Cc1ccc(OC2CNC2)nc1.